The van der Waals surface area contributed by atoms with Crippen LogP contribution in [0.3, 0.4) is 0 Å². The molecule has 1 aromatic rings. The Morgan fingerprint density at radius 1 is 1.29 bits per heavy atom. The first-order valence-electron chi connectivity index (χ1n) is 7.30. The fourth-order valence-corrected chi connectivity index (χ4v) is 3.18. The van der Waals surface area contributed by atoms with Crippen LogP contribution in [0.25, 0.3) is 6.08 Å². The maximum atomic E-state index is 4.02. The van der Waals surface area contributed by atoms with Crippen molar-refractivity contribution in [1.82, 2.24) is 5.32 Å². The van der Waals surface area contributed by atoms with Crippen LogP contribution >= 0.6 is 11.8 Å². The molecule has 0 aromatic heterocycles. The van der Waals surface area contributed by atoms with E-state index in [1.165, 1.54) is 22.3 Å². The first-order chi connectivity index (χ1) is 9.99. The van der Waals surface area contributed by atoms with Crippen LogP contribution in [0.1, 0.15) is 37.0 Å². The summed E-state index contributed by atoms with van der Waals surface area (Å²) in [6.07, 6.45) is 5.38. The summed E-state index contributed by atoms with van der Waals surface area (Å²) in [5.74, 6) is 0. The first kappa shape index (κ1) is 15.7. The molecule has 1 heterocycles. The SMILES string of the molecule is C=C(C)CCc1ccc(/C=C2\SC(=C)NC2=C)cc1CC. The van der Waals surface area contributed by atoms with Crippen LogP contribution in [0.2, 0.25) is 0 Å². The van der Waals surface area contributed by atoms with E-state index in [9.17, 15) is 0 Å². The fraction of sp³-hybridized carbons (Fsp3) is 0.263. The Balaban J connectivity index is 2.23. The molecule has 0 radical (unpaired) electrons. The largest absolute Gasteiger partial charge is 0.350 e. The summed E-state index contributed by atoms with van der Waals surface area (Å²) in [4.78, 5) is 1.15. The van der Waals surface area contributed by atoms with E-state index in [0.717, 1.165) is 34.9 Å². The summed E-state index contributed by atoms with van der Waals surface area (Å²) in [6, 6.07) is 6.73. The number of hydrogen-bond acceptors (Lipinski definition) is 2. The number of thioether (sulfide) groups is 1. The van der Waals surface area contributed by atoms with E-state index in [-0.39, 0.29) is 0 Å². The van der Waals surface area contributed by atoms with Crippen molar-refractivity contribution in [3.05, 3.63) is 75.8 Å². The minimum absolute atomic E-state index is 0.939. The number of nitrogens with one attached hydrogen (secondary N) is 1. The highest BCUT2D eigenvalue weighted by Gasteiger charge is 2.15. The predicted molar refractivity (Wildman–Crippen MR) is 95.9 cm³/mol. The molecular weight excluding hydrogens is 274 g/mol. The molecule has 1 aliphatic rings. The predicted octanol–water partition coefficient (Wildman–Crippen LogP) is 5.42. The molecule has 0 spiro atoms. The molecule has 0 atom stereocenters. The van der Waals surface area contributed by atoms with Crippen LogP contribution in [-0.2, 0) is 12.8 Å². The molecule has 1 fully saturated rings. The molecule has 0 amide bonds. The van der Waals surface area contributed by atoms with Gasteiger partial charge in [0.2, 0.25) is 0 Å². The molecule has 1 nitrogen and oxygen atoms in total. The van der Waals surface area contributed by atoms with E-state index in [4.69, 9.17) is 0 Å². The van der Waals surface area contributed by atoms with Crippen molar-refractivity contribution in [2.24, 2.45) is 0 Å². The van der Waals surface area contributed by atoms with Crippen molar-refractivity contribution >= 4 is 17.8 Å². The van der Waals surface area contributed by atoms with Gasteiger partial charge in [-0.05, 0) is 49.0 Å². The molecular formula is C19H23NS. The molecule has 110 valence electrons. The third kappa shape index (κ3) is 4.15. The van der Waals surface area contributed by atoms with Gasteiger partial charge in [0.1, 0.15) is 0 Å². The maximum absolute atomic E-state index is 4.02. The second-order valence-corrected chi connectivity index (χ2v) is 6.61. The van der Waals surface area contributed by atoms with E-state index in [2.05, 4.69) is 63.2 Å². The molecule has 0 unspecified atom stereocenters. The Morgan fingerprint density at radius 2 is 2.05 bits per heavy atom. The minimum atomic E-state index is 0.939. The van der Waals surface area contributed by atoms with Gasteiger partial charge in [0.15, 0.2) is 0 Å². The van der Waals surface area contributed by atoms with Gasteiger partial charge in [-0.1, -0.05) is 55.6 Å². The molecule has 0 saturated carbocycles. The number of allylic oxidation sites excluding steroid dienone is 1. The van der Waals surface area contributed by atoms with Crippen LogP contribution in [0.4, 0.5) is 0 Å². The summed E-state index contributed by atoms with van der Waals surface area (Å²) >= 11 is 1.64. The van der Waals surface area contributed by atoms with E-state index < -0.39 is 0 Å². The van der Waals surface area contributed by atoms with Gasteiger partial charge in [-0.25, -0.2) is 0 Å². The third-order valence-corrected chi connectivity index (χ3v) is 4.48. The second kappa shape index (κ2) is 6.86. The Hall–Kier alpha value is -1.67. The third-order valence-electron chi connectivity index (χ3n) is 3.55. The van der Waals surface area contributed by atoms with Crippen molar-refractivity contribution in [3.63, 3.8) is 0 Å². The average Bonchev–Trinajstić information content (AvgIpc) is 2.75. The zero-order valence-electron chi connectivity index (χ0n) is 13.0. The molecule has 21 heavy (non-hydrogen) atoms. The lowest BCUT2D eigenvalue weighted by molar-refractivity contribution is 0.920. The Bertz CT molecular complexity index is 622. The van der Waals surface area contributed by atoms with E-state index >= 15 is 0 Å². The summed E-state index contributed by atoms with van der Waals surface area (Å²) in [5, 5.41) is 4.10. The van der Waals surface area contributed by atoms with Gasteiger partial charge < -0.3 is 5.32 Å². The summed E-state index contributed by atoms with van der Waals surface area (Å²) in [6.45, 7) is 16.2. The van der Waals surface area contributed by atoms with E-state index in [0.29, 0.717) is 0 Å². The highest BCUT2D eigenvalue weighted by atomic mass is 32.2. The number of benzene rings is 1. The quantitative estimate of drug-likeness (QED) is 0.728. The molecule has 0 aliphatic carbocycles. The highest BCUT2D eigenvalue weighted by Crippen LogP contribution is 2.36. The van der Waals surface area contributed by atoms with Crippen LogP contribution in [0.15, 0.2) is 59.1 Å². The maximum Gasteiger partial charge on any atom is 0.0701 e. The van der Waals surface area contributed by atoms with Crippen molar-refractivity contribution in [3.8, 4) is 0 Å². The van der Waals surface area contributed by atoms with Crippen molar-refractivity contribution in [2.45, 2.75) is 33.1 Å². The lowest BCUT2D eigenvalue weighted by Gasteiger charge is -2.09. The zero-order valence-corrected chi connectivity index (χ0v) is 13.8. The van der Waals surface area contributed by atoms with Gasteiger partial charge in [-0.3, -0.25) is 0 Å². The van der Waals surface area contributed by atoms with E-state index in [1.54, 1.807) is 11.8 Å². The average molecular weight is 297 g/mol. The standard InChI is InChI=1S/C19H23NS/c1-6-17-11-16(8-10-18(17)9-7-13(2)3)12-19-14(4)20-15(5)21-19/h8,10-12,20H,2,4-7,9H2,1,3H3/b19-12-. The number of rotatable bonds is 5. The summed E-state index contributed by atoms with van der Waals surface area (Å²) in [7, 11) is 0. The normalized spacial score (nSPS) is 16.4. The van der Waals surface area contributed by atoms with E-state index in [1.807, 2.05) is 0 Å². The van der Waals surface area contributed by atoms with Crippen molar-refractivity contribution < 1.29 is 0 Å². The minimum Gasteiger partial charge on any atom is -0.350 e. The molecule has 2 rings (SSSR count). The van der Waals surface area contributed by atoms with Gasteiger partial charge in [-0.2, -0.15) is 0 Å². The number of hydrogen-bond donors (Lipinski definition) is 1. The Morgan fingerprint density at radius 3 is 2.62 bits per heavy atom. The van der Waals surface area contributed by atoms with Gasteiger partial charge in [0.05, 0.1) is 5.03 Å². The molecule has 1 N–H and O–H groups in total. The Labute approximate surface area is 132 Å². The number of aryl methyl sites for hydroxylation is 2. The molecule has 2 heteroatoms. The first-order valence-corrected chi connectivity index (χ1v) is 8.12. The van der Waals surface area contributed by atoms with Crippen LogP contribution in [-0.4, -0.2) is 0 Å². The smallest absolute Gasteiger partial charge is 0.0701 e. The van der Waals surface area contributed by atoms with Crippen molar-refractivity contribution in [1.29, 1.82) is 0 Å². The monoisotopic (exact) mass is 297 g/mol. The zero-order chi connectivity index (χ0) is 15.4. The lowest BCUT2D eigenvalue weighted by atomic mass is 9.97. The molecule has 0 bridgehead atoms. The van der Waals surface area contributed by atoms with Gasteiger partial charge in [0, 0.05) is 10.6 Å². The molecule has 1 aliphatic heterocycles. The van der Waals surface area contributed by atoms with Gasteiger partial charge >= 0.3 is 0 Å². The molecule has 1 aromatic carbocycles. The van der Waals surface area contributed by atoms with Crippen LogP contribution < -0.4 is 5.32 Å². The van der Waals surface area contributed by atoms with Crippen LogP contribution in [0.5, 0.6) is 0 Å². The van der Waals surface area contributed by atoms with Crippen molar-refractivity contribution in [2.75, 3.05) is 0 Å². The lowest BCUT2D eigenvalue weighted by Crippen LogP contribution is -1.99. The van der Waals surface area contributed by atoms with Crippen LogP contribution in [0, 0.1) is 0 Å². The second-order valence-electron chi connectivity index (χ2n) is 5.48. The van der Waals surface area contributed by atoms with Gasteiger partial charge in [-0.15, -0.1) is 6.58 Å². The fourth-order valence-electron chi connectivity index (χ4n) is 2.37. The Kier molecular flexibility index (Phi) is 5.13. The molecule has 1 saturated heterocycles. The summed E-state index contributed by atoms with van der Waals surface area (Å²) in [5.41, 5.74) is 6.26. The summed E-state index contributed by atoms with van der Waals surface area (Å²) < 4.78 is 0. The van der Waals surface area contributed by atoms with Gasteiger partial charge in [0.25, 0.3) is 0 Å². The topological polar surface area (TPSA) is 12.0 Å². The highest BCUT2D eigenvalue weighted by molar-refractivity contribution is 8.07.